The van der Waals surface area contributed by atoms with Crippen LogP contribution in [0.4, 0.5) is 5.82 Å². The topological polar surface area (TPSA) is 87.7 Å². The number of piperazine rings is 1. The minimum Gasteiger partial charge on any atom is -0.435 e. The lowest BCUT2D eigenvalue weighted by atomic mass is 10.1. The fourth-order valence-electron chi connectivity index (χ4n) is 3.29. The molecule has 1 aromatic carbocycles. The summed E-state index contributed by atoms with van der Waals surface area (Å²) < 4.78 is 5.77. The predicted molar refractivity (Wildman–Crippen MR) is 93.4 cm³/mol. The van der Waals surface area contributed by atoms with Gasteiger partial charge in [-0.05, 0) is 25.2 Å². The van der Waals surface area contributed by atoms with Crippen LogP contribution < -0.4 is 10.2 Å². The van der Waals surface area contributed by atoms with Crippen molar-refractivity contribution in [2.24, 2.45) is 0 Å². The van der Waals surface area contributed by atoms with Gasteiger partial charge < -0.3 is 15.0 Å². The van der Waals surface area contributed by atoms with Gasteiger partial charge in [0.25, 0.3) is 5.91 Å². The van der Waals surface area contributed by atoms with Crippen molar-refractivity contribution in [3.05, 3.63) is 53.7 Å². The Bertz CT molecular complexity index is 829. The molecule has 0 spiro atoms. The molecule has 134 valence electrons. The highest BCUT2D eigenvalue weighted by Crippen LogP contribution is 2.37. The summed E-state index contributed by atoms with van der Waals surface area (Å²) in [6, 6.07) is 10.1. The van der Waals surface area contributed by atoms with E-state index >= 15 is 0 Å². The smallest absolute Gasteiger partial charge is 0.326 e. The Balaban J connectivity index is 1.64. The van der Waals surface area contributed by atoms with Gasteiger partial charge in [-0.1, -0.05) is 18.2 Å². The summed E-state index contributed by atoms with van der Waals surface area (Å²) >= 11 is 0. The number of hydrogen-bond acceptors (Lipinski definition) is 7. The lowest BCUT2D eigenvalue weighted by Gasteiger charge is -2.31. The number of esters is 1. The van der Waals surface area contributed by atoms with Crippen molar-refractivity contribution in [2.75, 3.05) is 31.6 Å². The van der Waals surface area contributed by atoms with Crippen LogP contribution in [0.3, 0.4) is 0 Å². The van der Waals surface area contributed by atoms with Gasteiger partial charge in [-0.3, -0.25) is 9.59 Å². The standard InChI is InChI=1S/C18H19N5O3/c1-22-10-9-19-14(11-22)18(25)26-17-13-6-3-2-5-12(13)16(24)23(17)15-7-4-8-20-21-15/h2-8,14,17,19H,9-11H2,1H3. The number of rotatable bonds is 3. The first-order valence-corrected chi connectivity index (χ1v) is 8.48. The number of fused-ring (bicyclic) bond motifs is 1. The van der Waals surface area contributed by atoms with Crippen LogP contribution in [0.15, 0.2) is 42.6 Å². The fraction of sp³-hybridized carbons (Fsp3) is 0.333. The third-order valence-corrected chi connectivity index (χ3v) is 4.61. The molecule has 1 N–H and O–H groups in total. The van der Waals surface area contributed by atoms with Crippen LogP contribution in [-0.4, -0.2) is 59.7 Å². The van der Waals surface area contributed by atoms with Crippen LogP contribution in [0.5, 0.6) is 0 Å². The van der Waals surface area contributed by atoms with Crippen LogP contribution in [-0.2, 0) is 9.53 Å². The maximum absolute atomic E-state index is 12.9. The molecular weight excluding hydrogens is 334 g/mol. The minimum absolute atomic E-state index is 0.257. The van der Waals surface area contributed by atoms with E-state index in [0.717, 1.165) is 6.54 Å². The van der Waals surface area contributed by atoms with Crippen LogP contribution in [0.25, 0.3) is 0 Å². The van der Waals surface area contributed by atoms with Crippen LogP contribution in [0.1, 0.15) is 22.1 Å². The quantitative estimate of drug-likeness (QED) is 0.808. The van der Waals surface area contributed by atoms with Crippen LogP contribution in [0, 0.1) is 0 Å². The number of carbonyl (C=O) groups is 2. The Labute approximate surface area is 150 Å². The summed E-state index contributed by atoms with van der Waals surface area (Å²) in [5.74, 6) is -0.298. The molecule has 0 aliphatic carbocycles. The SMILES string of the molecule is CN1CCNC(C(=O)OC2c3ccccc3C(=O)N2c2cccnn2)C1. The summed E-state index contributed by atoms with van der Waals surface area (Å²) in [6.07, 6.45) is 0.678. The number of aromatic nitrogens is 2. The average molecular weight is 353 g/mol. The van der Waals surface area contributed by atoms with Gasteiger partial charge in [0.15, 0.2) is 5.82 Å². The maximum Gasteiger partial charge on any atom is 0.326 e. The molecule has 1 amide bonds. The second kappa shape index (κ2) is 6.81. The lowest BCUT2D eigenvalue weighted by molar-refractivity contribution is -0.152. The van der Waals surface area contributed by atoms with Crippen molar-refractivity contribution >= 4 is 17.7 Å². The molecule has 1 saturated heterocycles. The number of benzene rings is 1. The predicted octanol–water partition coefficient (Wildman–Crippen LogP) is 0.582. The van der Waals surface area contributed by atoms with E-state index in [1.165, 1.54) is 11.1 Å². The van der Waals surface area contributed by atoms with E-state index in [4.69, 9.17) is 4.74 Å². The van der Waals surface area contributed by atoms with Gasteiger partial charge in [0.1, 0.15) is 6.04 Å². The van der Waals surface area contributed by atoms with Gasteiger partial charge in [0, 0.05) is 37.0 Å². The number of likely N-dealkylation sites (N-methyl/N-ethyl adjacent to an activating group) is 1. The molecule has 2 aromatic rings. The molecule has 2 aliphatic rings. The highest BCUT2D eigenvalue weighted by atomic mass is 16.6. The van der Waals surface area contributed by atoms with E-state index in [0.29, 0.717) is 30.0 Å². The van der Waals surface area contributed by atoms with Crippen molar-refractivity contribution in [1.29, 1.82) is 0 Å². The summed E-state index contributed by atoms with van der Waals surface area (Å²) in [5, 5.41) is 11.0. The minimum atomic E-state index is -0.850. The van der Waals surface area contributed by atoms with Crippen molar-refractivity contribution in [3.8, 4) is 0 Å². The van der Waals surface area contributed by atoms with Gasteiger partial charge in [-0.25, -0.2) is 4.90 Å². The molecule has 2 aliphatic heterocycles. The Morgan fingerprint density at radius 2 is 2.12 bits per heavy atom. The largest absolute Gasteiger partial charge is 0.435 e. The number of amides is 1. The molecule has 8 nitrogen and oxygen atoms in total. The van der Waals surface area contributed by atoms with E-state index in [-0.39, 0.29) is 11.9 Å². The van der Waals surface area contributed by atoms with E-state index in [2.05, 4.69) is 20.4 Å². The molecule has 2 atom stereocenters. The van der Waals surface area contributed by atoms with Crippen LogP contribution >= 0.6 is 0 Å². The van der Waals surface area contributed by atoms with Gasteiger partial charge in [0.2, 0.25) is 6.23 Å². The summed E-state index contributed by atoms with van der Waals surface area (Å²) in [6.45, 7) is 2.15. The zero-order chi connectivity index (χ0) is 18.1. The molecule has 0 radical (unpaired) electrons. The number of anilines is 1. The highest BCUT2D eigenvalue weighted by Gasteiger charge is 2.42. The number of nitrogens with one attached hydrogen (secondary N) is 1. The molecule has 0 bridgehead atoms. The number of carbonyl (C=O) groups excluding carboxylic acids is 2. The molecule has 3 heterocycles. The summed E-state index contributed by atoms with van der Waals surface area (Å²) in [7, 11) is 1.96. The van der Waals surface area contributed by atoms with E-state index < -0.39 is 12.3 Å². The molecule has 0 saturated carbocycles. The first-order chi connectivity index (χ1) is 12.6. The lowest BCUT2D eigenvalue weighted by Crippen LogP contribution is -2.53. The second-order valence-electron chi connectivity index (χ2n) is 6.40. The van der Waals surface area contributed by atoms with Crippen molar-refractivity contribution in [1.82, 2.24) is 20.4 Å². The Morgan fingerprint density at radius 1 is 1.27 bits per heavy atom. The van der Waals surface area contributed by atoms with Gasteiger partial charge in [0.05, 0.1) is 0 Å². The molecule has 1 fully saturated rings. The van der Waals surface area contributed by atoms with E-state index in [1.807, 2.05) is 13.1 Å². The first kappa shape index (κ1) is 16.6. The molecule has 8 heteroatoms. The summed E-state index contributed by atoms with van der Waals surface area (Å²) in [5.41, 5.74) is 1.16. The average Bonchev–Trinajstić information content (AvgIpc) is 2.95. The van der Waals surface area contributed by atoms with Gasteiger partial charge >= 0.3 is 5.97 Å². The second-order valence-corrected chi connectivity index (χ2v) is 6.40. The zero-order valence-electron chi connectivity index (χ0n) is 14.3. The number of hydrogen-bond donors (Lipinski definition) is 1. The molecule has 2 unspecified atom stereocenters. The van der Waals surface area contributed by atoms with Crippen molar-refractivity contribution in [3.63, 3.8) is 0 Å². The Kier molecular flexibility index (Phi) is 4.36. The van der Waals surface area contributed by atoms with E-state index in [1.54, 1.807) is 30.3 Å². The maximum atomic E-state index is 12.9. The Morgan fingerprint density at radius 3 is 2.88 bits per heavy atom. The normalized spacial score (nSPS) is 23.0. The Hall–Kier alpha value is -2.84. The zero-order valence-corrected chi connectivity index (χ0v) is 14.3. The van der Waals surface area contributed by atoms with Crippen LogP contribution in [0.2, 0.25) is 0 Å². The molecular formula is C18H19N5O3. The van der Waals surface area contributed by atoms with Gasteiger partial charge in [-0.2, -0.15) is 5.10 Å². The number of nitrogens with zero attached hydrogens (tertiary/aromatic N) is 4. The third kappa shape index (κ3) is 2.93. The highest BCUT2D eigenvalue weighted by molar-refractivity contribution is 6.10. The van der Waals surface area contributed by atoms with Gasteiger partial charge in [-0.15, -0.1) is 5.10 Å². The number of ether oxygens (including phenoxy) is 1. The van der Waals surface area contributed by atoms with Crippen molar-refractivity contribution in [2.45, 2.75) is 12.3 Å². The molecule has 4 rings (SSSR count). The van der Waals surface area contributed by atoms with Crippen molar-refractivity contribution < 1.29 is 14.3 Å². The third-order valence-electron chi connectivity index (χ3n) is 4.61. The monoisotopic (exact) mass is 353 g/mol. The molecule has 1 aromatic heterocycles. The van der Waals surface area contributed by atoms with E-state index in [9.17, 15) is 9.59 Å². The summed E-state index contributed by atoms with van der Waals surface area (Å²) in [4.78, 5) is 29.0. The fourth-order valence-corrected chi connectivity index (χ4v) is 3.29. The first-order valence-electron chi connectivity index (χ1n) is 8.48. The molecule has 26 heavy (non-hydrogen) atoms.